The molecule has 1 aromatic heterocycles. The Morgan fingerprint density at radius 2 is 1.34 bits per heavy atom. The number of aromatic nitrogens is 2. The van der Waals surface area contributed by atoms with Gasteiger partial charge < -0.3 is 14.6 Å². The van der Waals surface area contributed by atoms with Gasteiger partial charge in [-0.25, -0.2) is 9.78 Å². The lowest BCUT2D eigenvalue weighted by molar-refractivity contribution is 0.0947. The van der Waals surface area contributed by atoms with E-state index in [-0.39, 0.29) is 6.09 Å². The van der Waals surface area contributed by atoms with Crippen LogP contribution in [0.2, 0.25) is 0 Å². The molecule has 0 fully saturated rings. The van der Waals surface area contributed by atoms with Crippen molar-refractivity contribution in [3.8, 4) is 22.5 Å². The Morgan fingerprint density at radius 1 is 0.756 bits per heavy atom. The molecule has 0 aliphatic carbocycles. The van der Waals surface area contributed by atoms with Gasteiger partial charge in [0.25, 0.3) is 0 Å². The van der Waals surface area contributed by atoms with Crippen molar-refractivity contribution in [1.82, 2.24) is 14.9 Å². The lowest BCUT2D eigenvalue weighted by Crippen LogP contribution is -2.33. The number of unbranched alkanes of at least 4 members (excludes halogenated alkanes) is 6. The normalized spacial score (nSPS) is 11.0. The van der Waals surface area contributed by atoms with Crippen LogP contribution in [0.1, 0.15) is 63.9 Å². The van der Waals surface area contributed by atoms with Crippen LogP contribution in [0.4, 0.5) is 4.79 Å². The van der Waals surface area contributed by atoms with E-state index in [1.807, 2.05) is 47.4 Å². The third-order valence-electron chi connectivity index (χ3n) is 7.10. The van der Waals surface area contributed by atoms with Crippen LogP contribution in [0.5, 0.6) is 0 Å². The molecule has 5 nitrogen and oxygen atoms in total. The highest BCUT2D eigenvalue weighted by atomic mass is 32.2. The second-order valence-electron chi connectivity index (χ2n) is 10.3. The fourth-order valence-electron chi connectivity index (χ4n) is 4.80. The number of H-pyrrole nitrogens is 1. The summed E-state index contributed by atoms with van der Waals surface area (Å²) >= 11 is 1.77. The van der Waals surface area contributed by atoms with E-state index in [1.165, 1.54) is 19.3 Å². The van der Waals surface area contributed by atoms with Crippen molar-refractivity contribution in [3.63, 3.8) is 0 Å². The number of carbonyl (C=O) groups excluding carboxylic acids is 1. The van der Waals surface area contributed by atoms with Crippen LogP contribution in [-0.2, 0) is 11.3 Å². The number of aromatic amines is 1. The van der Waals surface area contributed by atoms with Crippen LogP contribution in [0.15, 0.2) is 96.2 Å². The van der Waals surface area contributed by atoms with Gasteiger partial charge in [0.2, 0.25) is 0 Å². The summed E-state index contributed by atoms with van der Waals surface area (Å²) in [6.07, 6.45) is 8.79. The fraction of sp³-hybridized carbons (Fsp3) is 0.371. The Hall–Kier alpha value is -3.51. The molecule has 0 bridgehead atoms. The quantitative estimate of drug-likeness (QED) is 0.102. The average Bonchev–Trinajstić information content (AvgIpc) is 3.46. The Balaban J connectivity index is 1.25. The molecule has 6 heteroatoms. The highest BCUT2D eigenvalue weighted by Crippen LogP contribution is 2.32. The van der Waals surface area contributed by atoms with Crippen LogP contribution in [0.3, 0.4) is 0 Å². The minimum absolute atomic E-state index is 0.198. The number of hydrogen-bond acceptors (Lipinski definition) is 4. The van der Waals surface area contributed by atoms with E-state index in [2.05, 4.69) is 60.4 Å². The largest absolute Gasteiger partial charge is 0.445 e. The fourth-order valence-corrected chi connectivity index (χ4v) is 5.67. The van der Waals surface area contributed by atoms with Gasteiger partial charge in [-0.1, -0.05) is 142 Å². The summed E-state index contributed by atoms with van der Waals surface area (Å²) in [6, 6.07) is 30.7. The van der Waals surface area contributed by atoms with Crippen molar-refractivity contribution in [2.75, 3.05) is 18.8 Å². The molecule has 0 unspecified atom stereocenters. The maximum absolute atomic E-state index is 12.9. The number of imidazole rings is 1. The highest BCUT2D eigenvalue weighted by Gasteiger charge is 2.16. The summed E-state index contributed by atoms with van der Waals surface area (Å²) in [4.78, 5) is 23.3. The zero-order valence-electron chi connectivity index (χ0n) is 24.3. The minimum Gasteiger partial charge on any atom is -0.445 e. The Bertz CT molecular complexity index is 1220. The number of thioether (sulfide) groups is 1. The van der Waals surface area contributed by atoms with Gasteiger partial charge in [0.05, 0.1) is 11.4 Å². The van der Waals surface area contributed by atoms with E-state index in [4.69, 9.17) is 9.72 Å². The second kappa shape index (κ2) is 17.3. The van der Waals surface area contributed by atoms with Gasteiger partial charge in [-0.15, -0.1) is 0 Å². The molecule has 41 heavy (non-hydrogen) atoms. The summed E-state index contributed by atoms with van der Waals surface area (Å²) in [5, 5.41) is 0.945. The molecule has 1 N–H and O–H groups in total. The number of rotatable bonds is 17. The van der Waals surface area contributed by atoms with Crippen molar-refractivity contribution in [2.24, 2.45) is 0 Å². The van der Waals surface area contributed by atoms with E-state index < -0.39 is 0 Å². The second-order valence-corrected chi connectivity index (χ2v) is 11.4. The van der Waals surface area contributed by atoms with Gasteiger partial charge in [-0.3, -0.25) is 0 Å². The molecule has 216 valence electrons. The molecule has 1 amide bonds. The number of nitrogens with one attached hydrogen (secondary N) is 1. The van der Waals surface area contributed by atoms with E-state index in [0.717, 1.165) is 84.2 Å². The van der Waals surface area contributed by atoms with Crippen LogP contribution in [0.25, 0.3) is 22.5 Å². The zero-order valence-corrected chi connectivity index (χ0v) is 25.1. The van der Waals surface area contributed by atoms with Crippen molar-refractivity contribution >= 4 is 17.9 Å². The zero-order chi connectivity index (χ0) is 28.5. The average molecular weight is 570 g/mol. The molecule has 3 aromatic carbocycles. The molecule has 0 atom stereocenters. The monoisotopic (exact) mass is 569 g/mol. The summed E-state index contributed by atoms with van der Waals surface area (Å²) in [5.41, 5.74) is 5.32. The van der Waals surface area contributed by atoms with Crippen LogP contribution in [0, 0.1) is 0 Å². The van der Waals surface area contributed by atoms with Crippen molar-refractivity contribution in [3.05, 3.63) is 96.6 Å². The number of benzene rings is 3. The summed E-state index contributed by atoms with van der Waals surface area (Å²) in [5.74, 6) is 0.978. The number of ether oxygens (including phenoxy) is 1. The van der Waals surface area contributed by atoms with Crippen molar-refractivity contribution in [2.45, 2.75) is 70.1 Å². The molecule has 0 radical (unpaired) electrons. The highest BCUT2D eigenvalue weighted by molar-refractivity contribution is 7.99. The van der Waals surface area contributed by atoms with Crippen LogP contribution < -0.4 is 0 Å². The van der Waals surface area contributed by atoms with Crippen molar-refractivity contribution < 1.29 is 9.53 Å². The first-order chi connectivity index (χ1) is 20.2. The van der Waals surface area contributed by atoms with Gasteiger partial charge in [0, 0.05) is 30.0 Å². The molecule has 0 aliphatic heterocycles. The molecule has 0 saturated heterocycles. The molecule has 4 rings (SSSR count). The van der Waals surface area contributed by atoms with Crippen molar-refractivity contribution in [1.29, 1.82) is 0 Å². The molecule has 1 heterocycles. The summed E-state index contributed by atoms with van der Waals surface area (Å²) in [6.45, 7) is 4.05. The van der Waals surface area contributed by atoms with Gasteiger partial charge in [-0.05, 0) is 24.8 Å². The summed E-state index contributed by atoms with van der Waals surface area (Å²) < 4.78 is 5.66. The molecular weight excluding hydrogens is 526 g/mol. The number of carbonyl (C=O) groups is 1. The third-order valence-corrected chi connectivity index (χ3v) is 8.06. The number of hydrogen-bond donors (Lipinski definition) is 1. The van der Waals surface area contributed by atoms with Gasteiger partial charge in [0.15, 0.2) is 5.16 Å². The predicted molar refractivity (Wildman–Crippen MR) is 171 cm³/mol. The SMILES string of the molecule is CCCCCCCN(CCCCCSc1nc(-c2ccccc2)c(-c2ccccc2)[nH]1)C(=O)OCc1ccccc1. The smallest absolute Gasteiger partial charge is 0.410 e. The number of nitrogens with zero attached hydrogens (tertiary/aromatic N) is 2. The maximum Gasteiger partial charge on any atom is 0.410 e. The number of amides is 1. The minimum atomic E-state index is -0.198. The van der Waals surface area contributed by atoms with Gasteiger partial charge >= 0.3 is 6.09 Å². The molecular formula is C35H43N3O2S. The first-order valence-electron chi connectivity index (χ1n) is 15.0. The summed E-state index contributed by atoms with van der Waals surface area (Å²) in [7, 11) is 0. The first kappa shape index (κ1) is 30.4. The van der Waals surface area contributed by atoms with E-state index in [1.54, 1.807) is 11.8 Å². The van der Waals surface area contributed by atoms with Crippen LogP contribution in [-0.4, -0.2) is 39.8 Å². The molecule has 0 spiro atoms. The van der Waals surface area contributed by atoms with E-state index >= 15 is 0 Å². The first-order valence-corrected chi connectivity index (χ1v) is 16.0. The Kier molecular flexibility index (Phi) is 12.9. The lowest BCUT2D eigenvalue weighted by Gasteiger charge is -2.22. The molecule has 4 aromatic rings. The van der Waals surface area contributed by atoms with Crippen LogP contribution >= 0.6 is 11.8 Å². The Labute approximate surface area is 249 Å². The lowest BCUT2D eigenvalue weighted by atomic mass is 10.1. The topological polar surface area (TPSA) is 58.2 Å². The van der Waals surface area contributed by atoms with Gasteiger partial charge in [-0.2, -0.15) is 0 Å². The predicted octanol–water partition coefficient (Wildman–Crippen LogP) is 9.62. The Morgan fingerprint density at radius 3 is 2.00 bits per heavy atom. The molecule has 0 aliphatic rings. The molecule has 0 saturated carbocycles. The standard InChI is InChI=1S/C35H43N3O2S/c1-2-3-4-5-16-25-38(35(39)40-28-29-19-10-6-11-20-29)26-17-9-18-27-41-34-36-32(30-21-12-7-13-22-30)33(37-34)31-23-14-8-15-24-31/h6-8,10-15,19-24H,2-5,9,16-18,25-28H2,1H3,(H,36,37). The van der Waals surface area contributed by atoms with E-state index in [0.29, 0.717) is 6.61 Å². The van der Waals surface area contributed by atoms with Gasteiger partial charge in [0.1, 0.15) is 6.61 Å². The van der Waals surface area contributed by atoms with E-state index in [9.17, 15) is 4.79 Å². The third kappa shape index (κ3) is 10.1. The maximum atomic E-state index is 12.9.